The molecule has 2 aliphatic rings. The molecular formula is C23H33N3O4. The summed E-state index contributed by atoms with van der Waals surface area (Å²) in [6.07, 6.45) is 1.56. The number of amides is 1. The van der Waals surface area contributed by atoms with Crippen LogP contribution in [0.1, 0.15) is 40.0 Å². The molecule has 3 rings (SSSR count). The largest absolute Gasteiger partial charge is 0.357 e. The van der Waals surface area contributed by atoms with E-state index in [0.717, 1.165) is 35.5 Å². The number of ketones is 1. The van der Waals surface area contributed by atoms with Crippen molar-refractivity contribution >= 4 is 23.1 Å². The van der Waals surface area contributed by atoms with Crippen molar-refractivity contribution in [3.8, 4) is 0 Å². The van der Waals surface area contributed by atoms with E-state index < -0.39 is 6.29 Å². The van der Waals surface area contributed by atoms with Gasteiger partial charge in [-0.25, -0.2) is 0 Å². The SMILES string of the molecule is CCC1C2=C(CC(C)(C)CC2=O)Nc2ccccc2N1CC(=O)NCC(OC)OC. The number of methoxy groups -OCH3 is 2. The van der Waals surface area contributed by atoms with E-state index in [9.17, 15) is 9.59 Å². The molecule has 2 N–H and O–H groups in total. The van der Waals surface area contributed by atoms with Gasteiger partial charge in [0.1, 0.15) is 0 Å². The van der Waals surface area contributed by atoms with E-state index in [0.29, 0.717) is 6.42 Å². The summed E-state index contributed by atoms with van der Waals surface area (Å²) in [4.78, 5) is 28.0. The number of anilines is 2. The van der Waals surface area contributed by atoms with E-state index in [-0.39, 0.29) is 36.2 Å². The Bertz CT molecular complexity index is 829. The van der Waals surface area contributed by atoms with Crippen molar-refractivity contribution in [3.63, 3.8) is 0 Å². The molecule has 0 radical (unpaired) electrons. The van der Waals surface area contributed by atoms with E-state index in [1.807, 2.05) is 29.2 Å². The average Bonchev–Trinajstić information content (AvgIpc) is 2.82. The molecule has 1 aromatic rings. The highest BCUT2D eigenvalue weighted by atomic mass is 16.7. The van der Waals surface area contributed by atoms with Crippen molar-refractivity contribution in [2.75, 3.05) is 37.5 Å². The van der Waals surface area contributed by atoms with Crippen molar-refractivity contribution in [2.45, 2.75) is 52.4 Å². The van der Waals surface area contributed by atoms with E-state index in [1.54, 1.807) is 0 Å². The van der Waals surface area contributed by atoms with Crippen molar-refractivity contribution in [1.82, 2.24) is 5.32 Å². The van der Waals surface area contributed by atoms with Crippen LogP contribution in [-0.2, 0) is 19.1 Å². The zero-order chi connectivity index (χ0) is 21.9. The number of rotatable bonds is 7. The van der Waals surface area contributed by atoms with Crippen molar-refractivity contribution < 1.29 is 19.1 Å². The quantitative estimate of drug-likeness (QED) is 0.667. The first kappa shape index (κ1) is 22.3. The lowest BCUT2D eigenvalue weighted by Gasteiger charge is -2.37. The summed E-state index contributed by atoms with van der Waals surface area (Å²) >= 11 is 0. The standard InChI is InChI=1S/C23H33N3O4/c1-6-17-22-16(11-23(2,3)12-19(22)27)25-15-9-7-8-10-18(15)26(17)14-20(28)24-13-21(29-4)30-5/h7-10,17,21,25H,6,11-14H2,1-5H3,(H,24,28). The predicted octanol–water partition coefficient (Wildman–Crippen LogP) is 3.08. The smallest absolute Gasteiger partial charge is 0.239 e. The average molecular weight is 416 g/mol. The van der Waals surface area contributed by atoms with Gasteiger partial charge in [0.25, 0.3) is 0 Å². The molecule has 1 aromatic carbocycles. The van der Waals surface area contributed by atoms with Crippen LogP contribution >= 0.6 is 0 Å². The molecule has 0 aromatic heterocycles. The van der Waals surface area contributed by atoms with Crippen LogP contribution in [0.15, 0.2) is 35.5 Å². The van der Waals surface area contributed by atoms with E-state index in [2.05, 4.69) is 31.4 Å². The van der Waals surface area contributed by atoms with Crippen molar-refractivity contribution in [3.05, 3.63) is 35.5 Å². The second kappa shape index (κ2) is 9.18. The highest BCUT2D eigenvalue weighted by Crippen LogP contribution is 2.44. The Hall–Kier alpha value is -2.38. The predicted molar refractivity (Wildman–Crippen MR) is 117 cm³/mol. The number of allylic oxidation sites excluding steroid dienone is 1. The number of ether oxygens (including phenoxy) is 2. The van der Waals surface area contributed by atoms with Crippen LogP contribution in [0.3, 0.4) is 0 Å². The normalized spacial score (nSPS) is 20.4. The number of hydrogen-bond acceptors (Lipinski definition) is 6. The van der Waals surface area contributed by atoms with Crippen molar-refractivity contribution in [1.29, 1.82) is 0 Å². The first-order chi connectivity index (χ1) is 14.3. The second-order valence-electron chi connectivity index (χ2n) is 8.73. The van der Waals surface area contributed by atoms with Gasteiger partial charge in [0.2, 0.25) is 5.91 Å². The van der Waals surface area contributed by atoms with Gasteiger partial charge < -0.3 is 25.0 Å². The van der Waals surface area contributed by atoms with Crippen LogP contribution in [-0.4, -0.2) is 51.3 Å². The fourth-order valence-electron chi connectivity index (χ4n) is 4.44. The summed E-state index contributed by atoms with van der Waals surface area (Å²) in [5.74, 6) is 0.0210. The topological polar surface area (TPSA) is 79.9 Å². The molecule has 1 aliphatic heterocycles. The maximum Gasteiger partial charge on any atom is 0.239 e. The van der Waals surface area contributed by atoms with Gasteiger partial charge in [0.15, 0.2) is 12.1 Å². The Morgan fingerprint density at radius 3 is 2.63 bits per heavy atom. The second-order valence-corrected chi connectivity index (χ2v) is 8.73. The Labute approximate surface area is 178 Å². The van der Waals surface area contributed by atoms with Crippen LogP contribution in [0, 0.1) is 5.41 Å². The Balaban J connectivity index is 1.94. The minimum Gasteiger partial charge on any atom is -0.357 e. The molecule has 1 amide bonds. The molecule has 30 heavy (non-hydrogen) atoms. The van der Waals surface area contributed by atoms with Gasteiger partial charge in [-0.1, -0.05) is 32.9 Å². The van der Waals surface area contributed by atoms with Gasteiger partial charge in [-0.05, 0) is 30.4 Å². The Morgan fingerprint density at radius 1 is 1.27 bits per heavy atom. The zero-order valence-electron chi connectivity index (χ0n) is 18.6. The summed E-state index contributed by atoms with van der Waals surface area (Å²) in [5.41, 5.74) is 3.56. The zero-order valence-corrected chi connectivity index (χ0v) is 18.6. The molecule has 1 atom stereocenters. The number of para-hydroxylation sites is 2. The molecule has 1 unspecified atom stereocenters. The van der Waals surface area contributed by atoms with Gasteiger partial charge in [0.05, 0.1) is 30.5 Å². The molecule has 1 aliphatic carbocycles. The molecule has 0 saturated carbocycles. The molecule has 1 heterocycles. The molecule has 0 bridgehead atoms. The third-order valence-electron chi connectivity index (χ3n) is 5.82. The lowest BCUT2D eigenvalue weighted by molar-refractivity contribution is -0.126. The van der Waals surface area contributed by atoms with E-state index >= 15 is 0 Å². The van der Waals surface area contributed by atoms with Crippen LogP contribution in [0.5, 0.6) is 0 Å². The lowest BCUT2D eigenvalue weighted by Crippen LogP contribution is -2.47. The maximum absolute atomic E-state index is 13.2. The number of nitrogens with one attached hydrogen (secondary N) is 2. The molecule has 164 valence electrons. The summed E-state index contributed by atoms with van der Waals surface area (Å²) in [6.45, 7) is 6.72. The number of Topliss-reactive ketones (excluding diaryl/α,β-unsaturated/α-hetero) is 1. The summed E-state index contributed by atoms with van der Waals surface area (Å²) in [5, 5.41) is 6.40. The first-order valence-electron chi connectivity index (χ1n) is 10.5. The number of carbonyl (C=O) groups excluding carboxylic acids is 2. The Kier molecular flexibility index (Phi) is 6.83. The third-order valence-corrected chi connectivity index (χ3v) is 5.82. The number of fused-ring (bicyclic) bond motifs is 1. The fraction of sp³-hybridized carbons (Fsp3) is 0.565. The van der Waals surface area contributed by atoms with Gasteiger partial charge >= 0.3 is 0 Å². The minimum absolute atomic E-state index is 0.0853. The van der Waals surface area contributed by atoms with Crippen LogP contribution in [0.25, 0.3) is 0 Å². The number of hydrogen-bond donors (Lipinski definition) is 2. The molecular weight excluding hydrogens is 382 g/mol. The van der Waals surface area contributed by atoms with Crippen molar-refractivity contribution in [2.24, 2.45) is 5.41 Å². The van der Waals surface area contributed by atoms with E-state index in [1.165, 1.54) is 14.2 Å². The maximum atomic E-state index is 13.2. The summed E-state index contributed by atoms with van der Waals surface area (Å²) < 4.78 is 10.3. The minimum atomic E-state index is -0.495. The number of nitrogens with zero attached hydrogens (tertiary/aromatic N) is 1. The molecule has 0 fully saturated rings. The lowest BCUT2D eigenvalue weighted by atomic mass is 9.74. The van der Waals surface area contributed by atoms with Crippen LogP contribution in [0.2, 0.25) is 0 Å². The molecule has 7 heteroatoms. The fourth-order valence-corrected chi connectivity index (χ4v) is 4.44. The van der Waals surface area contributed by atoms with Crippen LogP contribution < -0.4 is 15.5 Å². The number of benzene rings is 1. The highest BCUT2D eigenvalue weighted by molar-refractivity contribution is 6.01. The summed E-state index contributed by atoms with van der Waals surface area (Å²) in [6, 6.07) is 7.76. The highest BCUT2D eigenvalue weighted by Gasteiger charge is 2.40. The summed E-state index contributed by atoms with van der Waals surface area (Å²) in [7, 11) is 3.07. The number of carbonyl (C=O) groups is 2. The monoisotopic (exact) mass is 415 g/mol. The van der Waals surface area contributed by atoms with Gasteiger partial charge in [0, 0.05) is 31.9 Å². The molecule has 0 spiro atoms. The Morgan fingerprint density at radius 2 is 1.97 bits per heavy atom. The molecule has 7 nitrogen and oxygen atoms in total. The van der Waals surface area contributed by atoms with Gasteiger partial charge in [-0.2, -0.15) is 0 Å². The molecule has 0 saturated heterocycles. The first-order valence-corrected chi connectivity index (χ1v) is 10.5. The van der Waals surface area contributed by atoms with Gasteiger partial charge in [-0.15, -0.1) is 0 Å². The van der Waals surface area contributed by atoms with E-state index in [4.69, 9.17) is 9.47 Å². The third kappa shape index (κ3) is 4.68. The van der Waals surface area contributed by atoms with Gasteiger partial charge in [-0.3, -0.25) is 9.59 Å². The van der Waals surface area contributed by atoms with Crippen LogP contribution in [0.4, 0.5) is 11.4 Å².